The van der Waals surface area contributed by atoms with E-state index in [1.54, 1.807) is 25.0 Å². The summed E-state index contributed by atoms with van der Waals surface area (Å²) in [5.74, 6) is 1.29. The van der Waals surface area contributed by atoms with E-state index in [1.165, 1.54) is 0 Å². The Kier molecular flexibility index (Phi) is 6.30. The fourth-order valence-electron chi connectivity index (χ4n) is 1.92. The Morgan fingerprint density at radius 2 is 1.95 bits per heavy atom. The standard InChI is InChI=1S/C12H18N4O3.ClH/c1-3-19-12(17)16-8-6-15(7-9-16)10-4-5-11(18-2)14-13-10;/h4-5H,3,6-9H2,1-2H3;1H. The van der Waals surface area contributed by atoms with Crippen LogP contribution in [-0.4, -0.2) is 61.1 Å². The van der Waals surface area contributed by atoms with E-state index in [2.05, 4.69) is 15.1 Å². The molecule has 1 fully saturated rings. The summed E-state index contributed by atoms with van der Waals surface area (Å²) in [6, 6.07) is 3.64. The number of ether oxygens (including phenoxy) is 2. The van der Waals surface area contributed by atoms with E-state index in [1.807, 2.05) is 6.07 Å². The van der Waals surface area contributed by atoms with Crippen molar-refractivity contribution in [2.24, 2.45) is 0 Å². The summed E-state index contributed by atoms with van der Waals surface area (Å²) in [5.41, 5.74) is 0. The Morgan fingerprint density at radius 3 is 2.45 bits per heavy atom. The number of hydrogen-bond acceptors (Lipinski definition) is 6. The molecule has 1 aliphatic rings. The van der Waals surface area contributed by atoms with Crippen LogP contribution in [0, 0.1) is 0 Å². The van der Waals surface area contributed by atoms with Crippen LogP contribution in [0.15, 0.2) is 12.1 Å². The quantitative estimate of drug-likeness (QED) is 0.835. The van der Waals surface area contributed by atoms with Gasteiger partial charge in [0.25, 0.3) is 0 Å². The lowest BCUT2D eigenvalue weighted by molar-refractivity contribution is 0.105. The molecule has 1 amide bonds. The number of carbonyl (C=O) groups excluding carboxylic acids is 1. The molecule has 1 aromatic rings. The van der Waals surface area contributed by atoms with Crippen LogP contribution < -0.4 is 9.64 Å². The normalized spacial score (nSPS) is 14.5. The number of piperazine rings is 1. The fourth-order valence-corrected chi connectivity index (χ4v) is 1.92. The topological polar surface area (TPSA) is 67.8 Å². The van der Waals surface area contributed by atoms with E-state index in [4.69, 9.17) is 9.47 Å². The summed E-state index contributed by atoms with van der Waals surface area (Å²) in [7, 11) is 1.56. The first-order valence-corrected chi connectivity index (χ1v) is 6.29. The number of amides is 1. The third-order valence-electron chi connectivity index (χ3n) is 2.96. The molecule has 0 spiro atoms. The summed E-state index contributed by atoms with van der Waals surface area (Å²) in [5, 5.41) is 8.03. The van der Waals surface area contributed by atoms with Gasteiger partial charge in [0.05, 0.1) is 13.7 Å². The molecule has 20 heavy (non-hydrogen) atoms. The van der Waals surface area contributed by atoms with E-state index in [9.17, 15) is 4.79 Å². The van der Waals surface area contributed by atoms with Gasteiger partial charge in [-0.3, -0.25) is 0 Å². The van der Waals surface area contributed by atoms with Gasteiger partial charge in [0.15, 0.2) is 5.82 Å². The Morgan fingerprint density at radius 1 is 1.25 bits per heavy atom. The Bertz CT molecular complexity index is 421. The highest BCUT2D eigenvalue weighted by molar-refractivity contribution is 5.85. The van der Waals surface area contributed by atoms with Crippen molar-refractivity contribution in [3.05, 3.63) is 12.1 Å². The Labute approximate surface area is 124 Å². The van der Waals surface area contributed by atoms with Gasteiger partial charge >= 0.3 is 6.09 Å². The summed E-state index contributed by atoms with van der Waals surface area (Å²) in [6.07, 6.45) is -0.247. The summed E-state index contributed by atoms with van der Waals surface area (Å²) >= 11 is 0. The summed E-state index contributed by atoms with van der Waals surface area (Å²) in [4.78, 5) is 15.4. The highest BCUT2D eigenvalue weighted by atomic mass is 35.5. The van der Waals surface area contributed by atoms with Gasteiger partial charge in [-0.2, -0.15) is 0 Å². The van der Waals surface area contributed by atoms with E-state index >= 15 is 0 Å². The van der Waals surface area contributed by atoms with Crippen molar-refractivity contribution >= 4 is 24.3 Å². The molecular formula is C12H19ClN4O3. The maximum Gasteiger partial charge on any atom is 0.409 e. The second-order valence-electron chi connectivity index (χ2n) is 4.11. The first-order valence-electron chi connectivity index (χ1n) is 6.29. The number of anilines is 1. The molecule has 7 nitrogen and oxygen atoms in total. The van der Waals surface area contributed by atoms with Gasteiger partial charge in [0.1, 0.15) is 0 Å². The zero-order chi connectivity index (χ0) is 13.7. The molecule has 8 heteroatoms. The summed E-state index contributed by atoms with van der Waals surface area (Å²) < 4.78 is 9.95. The first kappa shape index (κ1) is 16.3. The average Bonchev–Trinajstić information content (AvgIpc) is 2.48. The first-order chi connectivity index (χ1) is 9.24. The third kappa shape index (κ3) is 3.86. The van der Waals surface area contributed by atoms with Gasteiger partial charge < -0.3 is 19.3 Å². The van der Waals surface area contributed by atoms with Gasteiger partial charge in [0, 0.05) is 32.2 Å². The van der Waals surface area contributed by atoms with Gasteiger partial charge in [-0.1, -0.05) is 0 Å². The van der Waals surface area contributed by atoms with Crippen molar-refractivity contribution in [3.63, 3.8) is 0 Å². The molecule has 0 atom stereocenters. The lowest BCUT2D eigenvalue weighted by atomic mass is 10.3. The molecule has 1 aromatic heterocycles. The minimum atomic E-state index is -0.247. The van der Waals surface area contributed by atoms with Gasteiger partial charge in [-0.15, -0.1) is 22.6 Å². The minimum Gasteiger partial charge on any atom is -0.480 e. The second kappa shape index (κ2) is 7.74. The van der Waals surface area contributed by atoms with Crippen molar-refractivity contribution in [1.29, 1.82) is 0 Å². The van der Waals surface area contributed by atoms with Crippen molar-refractivity contribution in [3.8, 4) is 5.88 Å². The number of halogens is 1. The minimum absolute atomic E-state index is 0. The number of methoxy groups -OCH3 is 1. The highest BCUT2D eigenvalue weighted by Crippen LogP contribution is 2.15. The largest absolute Gasteiger partial charge is 0.480 e. The molecule has 2 heterocycles. The zero-order valence-electron chi connectivity index (χ0n) is 11.6. The van der Waals surface area contributed by atoms with Crippen LogP contribution in [0.4, 0.5) is 10.6 Å². The molecule has 0 radical (unpaired) electrons. The number of aromatic nitrogens is 2. The molecule has 0 aromatic carbocycles. The van der Waals surface area contributed by atoms with Crippen LogP contribution in [0.3, 0.4) is 0 Å². The van der Waals surface area contributed by atoms with Crippen molar-refractivity contribution in [1.82, 2.24) is 15.1 Å². The molecule has 0 bridgehead atoms. The summed E-state index contributed by atoms with van der Waals surface area (Å²) in [6.45, 7) is 4.92. The van der Waals surface area contributed by atoms with Crippen LogP contribution in [0.25, 0.3) is 0 Å². The van der Waals surface area contributed by atoms with Crippen molar-refractivity contribution in [2.75, 3.05) is 44.8 Å². The van der Waals surface area contributed by atoms with Gasteiger partial charge in [-0.25, -0.2) is 4.79 Å². The number of carbonyl (C=O) groups is 1. The molecule has 0 aliphatic carbocycles. The maximum atomic E-state index is 11.6. The lowest BCUT2D eigenvalue weighted by Gasteiger charge is -2.34. The maximum absolute atomic E-state index is 11.6. The van der Waals surface area contributed by atoms with Crippen molar-refractivity contribution < 1.29 is 14.3 Å². The van der Waals surface area contributed by atoms with E-state index in [0.717, 1.165) is 18.9 Å². The van der Waals surface area contributed by atoms with E-state index in [-0.39, 0.29) is 18.5 Å². The monoisotopic (exact) mass is 302 g/mol. The molecule has 0 saturated carbocycles. The van der Waals surface area contributed by atoms with Crippen LogP contribution in [0.1, 0.15) is 6.92 Å². The fraction of sp³-hybridized carbons (Fsp3) is 0.583. The smallest absolute Gasteiger partial charge is 0.409 e. The lowest BCUT2D eigenvalue weighted by Crippen LogP contribution is -2.49. The Hall–Kier alpha value is -1.76. The molecule has 2 rings (SSSR count). The molecule has 0 N–H and O–H groups in total. The van der Waals surface area contributed by atoms with E-state index < -0.39 is 0 Å². The van der Waals surface area contributed by atoms with Gasteiger partial charge in [-0.05, 0) is 13.0 Å². The zero-order valence-corrected chi connectivity index (χ0v) is 12.4. The third-order valence-corrected chi connectivity index (χ3v) is 2.96. The Balaban J connectivity index is 0.00000200. The van der Waals surface area contributed by atoms with Crippen molar-refractivity contribution in [2.45, 2.75) is 6.92 Å². The molecular weight excluding hydrogens is 284 g/mol. The van der Waals surface area contributed by atoms with Crippen LogP contribution in [0.2, 0.25) is 0 Å². The predicted molar refractivity (Wildman–Crippen MR) is 76.6 cm³/mol. The van der Waals surface area contributed by atoms with Crippen LogP contribution >= 0.6 is 12.4 Å². The van der Waals surface area contributed by atoms with Crippen LogP contribution in [-0.2, 0) is 4.74 Å². The molecule has 112 valence electrons. The average molecular weight is 303 g/mol. The second-order valence-corrected chi connectivity index (χ2v) is 4.11. The van der Waals surface area contributed by atoms with E-state index in [0.29, 0.717) is 25.6 Å². The molecule has 1 aliphatic heterocycles. The number of rotatable bonds is 3. The predicted octanol–water partition coefficient (Wildman–Crippen LogP) is 1.19. The molecule has 0 unspecified atom stereocenters. The van der Waals surface area contributed by atoms with Gasteiger partial charge in [0.2, 0.25) is 5.88 Å². The van der Waals surface area contributed by atoms with Crippen LogP contribution in [0.5, 0.6) is 5.88 Å². The molecule has 1 saturated heterocycles. The highest BCUT2D eigenvalue weighted by Gasteiger charge is 2.22. The number of nitrogens with zero attached hydrogens (tertiary/aromatic N) is 4. The number of hydrogen-bond donors (Lipinski definition) is 0. The SMILES string of the molecule is CCOC(=O)N1CCN(c2ccc(OC)nn2)CC1.Cl.